The first-order valence-corrected chi connectivity index (χ1v) is 8.91. The minimum atomic E-state index is 0.503. The molecule has 0 fully saturated rings. The van der Waals surface area contributed by atoms with Crippen LogP contribution in [0.2, 0.25) is 5.02 Å². The Kier molecular flexibility index (Phi) is 5.97. The van der Waals surface area contributed by atoms with Crippen LogP contribution in [-0.2, 0) is 19.6 Å². The van der Waals surface area contributed by atoms with E-state index in [1.807, 2.05) is 42.5 Å². The summed E-state index contributed by atoms with van der Waals surface area (Å²) in [6.45, 7) is 3.40. The first-order valence-electron chi connectivity index (χ1n) is 8.53. The molecule has 3 rings (SSSR count). The molecule has 2 nitrogen and oxygen atoms in total. The number of nitrogens with one attached hydrogen (secondary N) is 1. The van der Waals surface area contributed by atoms with Gasteiger partial charge < -0.3 is 10.1 Å². The van der Waals surface area contributed by atoms with Gasteiger partial charge in [0.05, 0.1) is 0 Å². The second-order valence-corrected chi connectivity index (χ2v) is 6.33. The van der Waals surface area contributed by atoms with E-state index < -0.39 is 0 Å². The molecular formula is C22H22ClNO. The summed E-state index contributed by atoms with van der Waals surface area (Å²) < 4.78 is 6.02. The fourth-order valence-corrected chi connectivity index (χ4v) is 2.98. The first kappa shape index (κ1) is 17.4. The molecule has 0 amide bonds. The Bertz CT molecular complexity index is 832. The van der Waals surface area contributed by atoms with Gasteiger partial charge in [-0.05, 0) is 41.8 Å². The minimum absolute atomic E-state index is 0.503. The van der Waals surface area contributed by atoms with Gasteiger partial charge in [-0.25, -0.2) is 0 Å². The fraction of sp³-hybridized carbons (Fsp3) is 0.182. The maximum absolute atomic E-state index is 6.04. The van der Waals surface area contributed by atoms with Crippen molar-refractivity contribution in [2.75, 3.05) is 5.32 Å². The van der Waals surface area contributed by atoms with E-state index in [-0.39, 0.29) is 0 Å². The first-order chi connectivity index (χ1) is 12.3. The van der Waals surface area contributed by atoms with Crippen LogP contribution in [0.5, 0.6) is 5.75 Å². The zero-order valence-corrected chi connectivity index (χ0v) is 15.1. The van der Waals surface area contributed by atoms with Crippen LogP contribution in [-0.4, -0.2) is 0 Å². The summed E-state index contributed by atoms with van der Waals surface area (Å²) in [5, 5.41) is 4.26. The van der Waals surface area contributed by atoms with Crippen LogP contribution < -0.4 is 10.1 Å². The van der Waals surface area contributed by atoms with Crippen molar-refractivity contribution < 1.29 is 4.74 Å². The Morgan fingerprint density at radius 2 is 1.64 bits per heavy atom. The molecule has 0 unspecified atom stereocenters. The molecule has 1 N–H and O–H groups in total. The van der Waals surface area contributed by atoms with Crippen LogP contribution in [0, 0.1) is 0 Å². The van der Waals surface area contributed by atoms with Crippen molar-refractivity contribution in [1.82, 2.24) is 0 Å². The molecule has 3 heteroatoms. The van der Waals surface area contributed by atoms with E-state index in [4.69, 9.17) is 16.3 Å². The van der Waals surface area contributed by atoms with E-state index in [1.54, 1.807) is 0 Å². The van der Waals surface area contributed by atoms with Crippen LogP contribution in [0.4, 0.5) is 5.69 Å². The van der Waals surface area contributed by atoms with Gasteiger partial charge in [0.15, 0.2) is 0 Å². The summed E-state index contributed by atoms with van der Waals surface area (Å²) in [5.41, 5.74) is 4.69. The molecule has 25 heavy (non-hydrogen) atoms. The van der Waals surface area contributed by atoms with Crippen LogP contribution in [0.25, 0.3) is 0 Å². The molecule has 0 aliphatic heterocycles. The average Bonchev–Trinajstić information content (AvgIpc) is 2.65. The SMILES string of the molecule is CCc1ccccc1NCc1ccccc1OCc1cccc(Cl)c1. The molecule has 0 aromatic heterocycles. The molecule has 0 bridgehead atoms. The lowest BCUT2D eigenvalue weighted by Gasteiger charge is -2.14. The summed E-state index contributed by atoms with van der Waals surface area (Å²) in [6, 6.07) is 24.3. The van der Waals surface area contributed by atoms with Crippen molar-refractivity contribution >= 4 is 17.3 Å². The third kappa shape index (κ3) is 4.77. The number of ether oxygens (including phenoxy) is 1. The van der Waals surface area contributed by atoms with Crippen molar-refractivity contribution in [2.45, 2.75) is 26.5 Å². The summed E-state index contributed by atoms with van der Waals surface area (Å²) in [4.78, 5) is 0. The number of hydrogen-bond acceptors (Lipinski definition) is 2. The number of hydrogen-bond donors (Lipinski definition) is 1. The largest absolute Gasteiger partial charge is 0.489 e. The normalized spacial score (nSPS) is 10.5. The molecule has 3 aromatic rings. The van der Waals surface area contributed by atoms with E-state index in [2.05, 4.69) is 42.6 Å². The molecule has 0 aliphatic rings. The zero-order chi connectivity index (χ0) is 17.5. The summed E-state index contributed by atoms with van der Waals surface area (Å²) >= 11 is 6.04. The molecule has 0 atom stereocenters. The topological polar surface area (TPSA) is 21.3 Å². The number of para-hydroxylation sites is 2. The van der Waals surface area contributed by atoms with Crippen LogP contribution >= 0.6 is 11.6 Å². The Labute approximate surface area is 154 Å². The van der Waals surface area contributed by atoms with Crippen molar-refractivity contribution in [2.24, 2.45) is 0 Å². The molecule has 3 aromatic carbocycles. The van der Waals surface area contributed by atoms with Crippen molar-refractivity contribution in [3.63, 3.8) is 0 Å². The van der Waals surface area contributed by atoms with Crippen LogP contribution in [0.3, 0.4) is 0 Å². The highest BCUT2D eigenvalue weighted by Gasteiger charge is 2.05. The van der Waals surface area contributed by atoms with Crippen molar-refractivity contribution in [3.05, 3.63) is 94.5 Å². The summed E-state index contributed by atoms with van der Waals surface area (Å²) in [7, 11) is 0. The molecule has 128 valence electrons. The number of rotatable bonds is 7. The molecular weight excluding hydrogens is 330 g/mol. The molecule has 0 aliphatic carbocycles. The van der Waals surface area contributed by atoms with E-state index in [0.717, 1.165) is 34.9 Å². The minimum Gasteiger partial charge on any atom is -0.489 e. The average molecular weight is 352 g/mol. The monoisotopic (exact) mass is 351 g/mol. The van der Waals surface area contributed by atoms with Gasteiger partial charge in [0.25, 0.3) is 0 Å². The Hall–Kier alpha value is -2.45. The lowest BCUT2D eigenvalue weighted by molar-refractivity contribution is 0.303. The molecule has 0 radical (unpaired) electrons. The Morgan fingerprint density at radius 1 is 0.880 bits per heavy atom. The van der Waals surface area contributed by atoms with Crippen LogP contribution in [0.15, 0.2) is 72.8 Å². The van der Waals surface area contributed by atoms with Gasteiger partial charge >= 0.3 is 0 Å². The lowest BCUT2D eigenvalue weighted by atomic mass is 10.1. The van der Waals surface area contributed by atoms with E-state index in [9.17, 15) is 0 Å². The van der Waals surface area contributed by atoms with Gasteiger partial charge in [0.2, 0.25) is 0 Å². The van der Waals surface area contributed by atoms with Gasteiger partial charge in [-0.1, -0.05) is 67.1 Å². The smallest absolute Gasteiger partial charge is 0.124 e. The highest BCUT2D eigenvalue weighted by molar-refractivity contribution is 6.30. The third-order valence-electron chi connectivity index (χ3n) is 4.12. The number of benzene rings is 3. The predicted molar refractivity (Wildman–Crippen MR) is 105 cm³/mol. The van der Waals surface area contributed by atoms with E-state index >= 15 is 0 Å². The number of halogens is 1. The standard InChI is InChI=1S/C22H22ClNO/c1-2-18-9-3-5-12-21(18)24-15-19-10-4-6-13-22(19)25-16-17-8-7-11-20(23)14-17/h3-14,24H,2,15-16H2,1H3. The number of anilines is 1. The highest BCUT2D eigenvalue weighted by atomic mass is 35.5. The highest BCUT2D eigenvalue weighted by Crippen LogP contribution is 2.23. The lowest BCUT2D eigenvalue weighted by Crippen LogP contribution is -2.05. The molecule has 0 saturated heterocycles. The van der Waals surface area contributed by atoms with E-state index in [0.29, 0.717) is 6.61 Å². The Morgan fingerprint density at radius 3 is 2.44 bits per heavy atom. The predicted octanol–water partition coefficient (Wildman–Crippen LogP) is 6.09. The van der Waals surface area contributed by atoms with Gasteiger partial charge in [-0.3, -0.25) is 0 Å². The third-order valence-corrected chi connectivity index (χ3v) is 4.36. The molecule has 0 saturated carbocycles. The number of aryl methyl sites for hydroxylation is 1. The Balaban J connectivity index is 1.68. The maximum atomic E-state index is 6.04. The quantitative estimate of drug-likeness (QED) is 0.555. The van der Waals surface area contributed by atoms with Crippen LogP contribution in [0.1, 0.15) is 23.6 Å². The molecule has 0 spiro atoms. The van der Waals surface area contributed by atoms with E-state index in [1.165, 1.54) is 11.3 Å². The van der Waals surface area contributed by atoms with Gasteiger partial charge in [-0.2, -0.15) is 0 Å². The summed E-state index contributed by atoms with van der Waals surface area (Å²) in [6.07, 6.45) is 1.01. The maximum Gasteiger partial charge on any atom is 0.124 e. The van der Waals surface area contributed by atoms with Gasteiger partial charge in [-0.15, -0.1) is 0 Å². The van der Waals surface area contributed by atoms with Gasteiger partial charge in [0, 0.05) is 22.8 Å². The van der Waals surface area contributed by atoms with Crippen molar-refractivity contribution in [1.29, 1.82) is 0 Å². The molecule has 0 heterocycles. The second kappa shape index (κ2) is 8.59. The second-order valence-electron chi connectivity index (χ2n) is 5.89. The zero-order valence-electron chi connectivity index (χ0n) is 14.3. The summed E-state index contributed by atoms with van der Waals surface area (Å²) in [5.74, 6) is 0.893. The van der Waals surface area contributed by atoms with Crippen molar-refractivity contribution in [3.8, 4) is 5.75 Å². The fourth-order valence-electron chi connectivity index (χ4n) is 2.77. The van der Waals surface area contributed by atoms with Gasteiger partial charge in [0.1, 0.15) is 12.4 Å².